The third-order valence-corrected chi connectivity index (χ3v) is 7.24. The zero-order valence-corrected chi connectivity index (χ0v) is 8.78. The molecule has 6 fully saturated rings. The third kappa shape index (κ3) is 0.397. The molecule has 0 aromatic carbocycles. The quantitative estimate of drug-likeness (QED) is 0.588. The number of rotatable bonds is 0. The van der Waals surface area contributed by atoms with Gasteiger partial charge in [0.1, 0.15) is 5.78 Å². The van der Waals surface area contributed by atoms with Gasteiger partial charge in [-0.15, -0.1) is 0 Å². The summed E-state index contributed by atoms with van der Waals surface area (Å²) in [6.07, 6.45) is 1.41. The number of hydrogen-bond donors (Lipinski definition) is 0. The van der Waals surface area contributed by atoms with Crippen molar-refractivity contribution in [3.8, 4) is 0 Å². The lowest BCUT2D eigenvalue weighted by Gasteiger charge is -2.32. The molecule has 0 aliphatic heterocycles. The van der Waals surface area contributed by atoms with Crippen molar-refractivity contribution in [2.45, 2.75) is 11.2 Å². The number of Topliss-reactive ketones (excluding diaryl/α,β-unsaturated/α-hetero) is 1. The Balaban J connectivity index is 1.90. The molecule has 0 saturated heterocycles. The van der Waals surface area contributed by atoms with Crippen molar-refractivity contribution in [3.63, 3.8) is 0 Å². The van der Waals surface area contributed by atoms with Crippen molar-refractivity contribution >= 4 is 21.7 Å². The maximum absolute atomic E-state index is 12.0. The van der Waals surface area contributed by atoms with Gasteiger partial charge < -0.3 is 0 Å². The fourth-order valence-electron chi connectivity index (χ4n) is 6.20. The largest absolute Gasteiger partial charge is 0.299 e. The monoisotopic (exact) mass is 238 g/mol. The number of hydrogen-bond acceptors (Lipinski definition) is 1. The van der Waals surface area contributed by atoms with E-state index in [9.17, 15) is 4.79 Å². The summed E-state index contributed by atoms with van der Waals surface area (Å²) in [5.74, 6) is 6.90. The van der Waals surface area contributed by atoms with Crippen LogP contribution >= 0.6 is 15.9 Å². The van der Waals surface area contributed by atoms with E-state index in [0.29, 0.717) is 17.6 Å². The normalized spacial score (nSPS) is 79.8. The minimum Gasteiger partial charge on any atom is -0.299 e. The fraction of sp³-hybridized carbons (Fsp3) is 0.909. The summed E-state index contributed by atoms with van der Waals surface area (Å²) in [4.78, 5) is 12.7. The lowest BCUT2D eigenvalue weighted by Crippen LogP contribution is -2.30. The first-order valence-electron chi connectivity index (χ1n) is 5.48. The maximum atomic E-state index is 12.0. The first-order valence-corrected chi connectivity index (χ1v) is 6.40. The molecule has 9 atom stereocenters. The molecule has 0 aromatic rings. The zero-order valence-electron chi connectivity index (χ0n) is 7.19. The number of ketones is 1. The van der Waals surface area contributed by atoms with E-state index in [1.165, 1.54) is 6.42 Å². The van der Waals surface area contributed by atoms with Gasteiger partial charge in [-0.2, -0.15) is 0 Å². The summed E-state index contributed by atoms with van der Waals surface area (Å²) in [6, 6.07) is 0. The fourth-order valence-corrected chi connectivity index (χ4v) is 7.62. The van der Waals surface area contributed by atoms with Crippen molar-refractivity contribution in [2.24, 2.45) is 47.3 Å². The Hall–Kier alpha value is 0.150. The molecule has 68 valence electrons. The van der Waals surface area contributed by atoms with Crippen LogP contribution in [-0.2, 0) is 4.79 Å². The van der Waals surface area contributed by atoms with Gasteiger partial charge in [-0.25, -0.2) is 0 Å². The van der Waals surface area contributed by atoms with Crippen molar-refractivity contribution in [1.82, 2.24) is 0 Å². The molecule has 2 heteroatoms. The Bertz CT molecular complexity index is 350. The van der Waals surface area contributed by atoms with E-state index in [1.54, 1.807) is 0 Å². The van der Waals surface area contributed by atoms with Crippen LogP contribution in [0.5, 0.6) is 0 Å². The zero-order chi connectivity index (χ0) is 8.48. The molecule has 6 aliphatic carbocycles. The second-order valence-electron chi connectivity index (χ2n) is 5.77. The van der Waals surface area contributed by atoms with E-state index in [4.69, 9.17) is 0 Å². The molecule has 6 saturated carbocycles. The van der Waals surface area contributed by atoms with E-state index in [0.717, 1.165) is 40.3 Å². The van der Waals surface area contributed by atoms with E-state index in [1.807, 2.05) is 0 Å². The SMILES string of the molecule is O=C1[C@H]2[C@@H]3C[C@H]4[C@H]2[C@@H]2[C@H](Br)[C@@H]4[C@@H]3[C@@H]12. The highest BCUT2D eigenvalue weighted by Crippen LogP contribution is 2.82. The van der Waals surface area contributed by atoms with Gasteiger partial charge in [0.25, 0.3) is 0 Å². The van der Waals surface area contributed by atoms with Crippen LogP contribution in [0.1, 0.15) is 6.42 Å². The van der Waals surface area contributed by atoms with Gasteiger partial charge >= 0.3 is 0 Å². The van der Waals surface area contributed by atoms with Gasteiger partial charge in [0.05, 0.1) is 0 Å². The van der Waals surface area contributed by atoms with E-state index < -0.39 is 0 Å². The topological polar surface area (TPSA) is 17.1 Å². The summed E-state index contributed by atoms with van der Waals surface area (Å²) in [6.45, 7) is 0. The Morgan fingerprint density at radius 3 is 2.54 bits per heavy atom. The van der Waals surface area contributed by atoms with Crippen LogP contribution in [0, 0.1) is 47.3 Å². The molecule has 0 heterocycles. The Morgan fingerprint density at radius 2 is 1.77 bits per heavy atom. The summed E-state index contributed by atoms with van der Waals surface area (Å²) in [5, 5.41) is 0. The van der Waals surface area contributed by atoms with Gasteiger partial charge in [0.15, 0.2) is 0 Å². The number of carbonyl (C=O) groups excluding carboxylic acids is 1. The van der Waals surface area contributed by atoms with Crippen molar-refractivity contribution in [1.29, 1.82) is 0 Å². The van der Waals surface area contributed by atoms with Crippen molar-refractivity contribution in [2.75, 3.05) is 0 Å². The van der Waals surface area contributed by atoms with Crippen LogP contribution in [0.2, 0.25) is 0 Å². The van der Waals surface area contributed by atoms with E-state index >= 15 is 0 Å². The minimum absolute atomic E-state index is 0.521. The number of alkyl halides is 1. The van der Waals surface area contributed by atoms with Crippen LogP contribution in [-0.4, -0.2) is 10.6 Å². The molecular formula is C11H11BrO. The molecule has 0 amide bonds. The average Bonchev–Trinajstić information content (AvgIpc) is 2.78. The van der Waals surface area contributed by atoms with Gasteiger partial charge in [-0.3, -0.25) is 4.79 Å². The number of halogens is 1. The van der Waals surface area contributed by atoms with Crippen molar-refractivity contribution in [3.05, 3.63) is 0 Å². The average molecular weight is 239 g/mol. The van der Waals surface area contributed by atoms with Gasteiger partial charge in [-0.05, 0) is 41.9 Å². The molecule has 6 bridgehead atoms. The minimum atomic E-state index is 0.521. The van der Waals surface area contributed by atoms with Crippen LogP contribution in [0.4, 0.5) is 0 Å². The summed E-state index contributed by atoms with van der Waals surface area (Å²) < 4.78 is 0. The van der Waals surface area contributed by atoms with E-state index in [2.05, 4.69) is 15.9 Å². The second-order valence-corrected chi connectivity index (χ2v) is 6.83. The summed E-state index contributed by atoms with van der Waals surface area (Å²) in [7, 11) is 0. The molecule has 13 heavy (non-hydrogen) atoms. The summed E-state index contributed by atoms with van der Waals surface area (Å²) in [5.41, 5.74) is 0. The lowest BCUT2D eigenvalue weighted by molar-refractivity contribution is -0.122. The van der Waals surface area contributed by atoms with Gasteiger partial charge in [-0.1, -0.05) is 15.9 Å². The maximum Gasteiger partial charge on any atom is 0.140 e. The molecule has 1 nitrogen and oxygen atoms in total. The first-order chi connectivity index (χ1) is 6.30. The molecule has 0 radical (unpaired) electrons. The molecule has 0 N–H and O–H groups in total. The van der Waals surface area contributed by atoms with Crippen molar-refractivity contribution < 1.29 is 4.79 Å². The second kappa shape index (κ2) is 1.56. The van der Waals surface area contributed by atoms with Crippen LogP contribution < -0.4 is 0 Å². The standard InChI is InChI=1S/C11H11BrO/c12-10-6-2-1-3-4(6)9-8(10)5(2)7(3)11(9)13/h2-10H,1H2/t2-,3+,4+,5+,6-,7-,8-,9+,10+/m0/s1. The first kappa shape index (κ1) is 6.60. The number of carbonyl (C=O) groups is 1. The van der Waals surface area contributed by atoms with Crippen LogP contribution in [0.15, 0.2) is 0 Å². The molecule has 6 aliphatic rings. The molecule has 6 rings (SSSR count). The third-order valence-electron chi connectivity index (χ3n) is 6.01. The molecular weight excluding hydrogens is 228 g/mol. The smallest absolute Gasteiger partial charge is 0.140 e. The highest BCUT2D eigenvalue weighted by atomic mass is 79.9. The Labute approximate surface area is 85.4 Å². The van der Waals surface area contributed by atoms with E-state index in [-0.39, 0.29) is 0 Å². The molecule has 0 spiro atoms. The highest BCUT2D eigenvalue weighted by molar-refractivity contribution is 9.09. The van der Waals surface area contributed by atoms with Crippen LogP contribution in [0.3, 0.4) is 0 Å². The molecule has 0 aromatic heterocycles. The van der Waals surface area contributed by atoms with Gasteiger partial charge in [0, 0.05) is 16.7 Å². The highest BCUT2D eigenvalue weighted by Gasteiger charge is 2.83. The molecule has 0 unspecified atom stereocenters. The van der Waals surface area contributed by atoms with Gasteiger partial charge in [0.2, 0.25) is 0 Å². The van der Waals surface area contributed by atoms with Crippen LogP contribution in [0.25, 0.3) is 0 Å². The Morgan fingerprint density at radius 1 is 1.00 bits per heavy atom. The lowest BCUT2D eigenvalue weighted by atomic mass is 9.71. The predicted molar refractivity (Wildman–Crippen MR) is 50.3 cm³/mol. The summed E-state index contributed by atoms with van der Waals surface area (Å²) >= 11 is 3.86. The Kier molecular flexibility index (Phi) is 0.790. The predicted octanol–water partition coefficient (Wildman–Crippen LogP) is 1.71.